The van der Waals surface area contributed by atoms with Crippen molar-refractivity contribution in [2.24, 2.45) is 0 Å². The van der Waals surface area contributed by atoms with E-state index in [0.717, 1.165) is 30.4 Å². The first kappa shape index (κ1) is 27.5. The number of aliphatic carboxylic acids is 1. The van der Waals surface area contributed by atoms with Crippen LogP contribution >= 0.6 is 11.6 Å². The molecule has 0 spiro atoms. The zero-order chi connectivity index (χ0) is 25.0. The van der Waals surface area contributed by atoms with Crippen LogP contribution in [0.3, 0.4) is 0 Å². The van der Waals surface area contributed by atoms with Gasteiger partial charge >= 0.3 is 5.97 Å². The van der Waals surface area contributed by atoms with Gasteiger partial charge in [-0.1, -0.05) is 37.6 Å². The zero-order valence-corrected chi connectivity index (χ0v) is 20.4. The molecule has 0 aliphatic heterocycles. The predicted molar refractivity (Wildman–Crippen MR) is 130 cm³/mol. The number of hydrogen-bond donors (Lipinski definition) is 2. The third-order valence-electron chi connectivity index (χ3n) is 5.46. The molecule has 2 aromatic rings. The maximum Gasteiger partial charge on any atom is 0.329 e. The summed E-state index contributed by atoms with van der Waals surface area (Å²) in [6, 6.07) is 12.8. The summed E-state index contributed by atoms with van der Waals surface area (Å²) in [6.07, 6.45) is 3.23. The number of nitrogens with zero attached hydrogens (tertiary/aromatic N) is 1. The van der Waals surface area contributed by atoms with E-state index in [1.807, 2.05) is 38.1 Å². The summed E-state index contributed by atoms with van der Waals surface area (Å²) < 4.78 is 16.3. The first-order valence-corrected chi connectivity index (χ1v) is 11.7. The van der Waals surface area contributed by atoms with Crippen LogP contribution < -0.4 is 4.74 Å². The lowest BCUT2D eigenvalue weighted by Gasteiger charge is -2.27. The second-order valence-electron chi connectivity index (χ2n) is 8.44. The van der Waals surface area contributed by atoms with E-state index in [-0.39, 0.29) is 12.4 Å². The van der Waals surface area contributed by atoms with Crippen LogP contribution in [0.15, 0.2) is 36.4 Å². The molecule has 0 saturated heterocycles. The predicted octanol–water partition coefficient (Wildman–Crippen LogP) is 5.30. The lowest BCUT2D eigenvalue weighted by molar-refractivity contribution is -0.142. The van der Waals surface area contributed by atoms with Gasteiger partial charge in [0.1, 0.15) is 18.4 Å². The summed E-state index contributed by atoms with van der Waals surface area (Å²) >= 11 is 6.50. The molecule has 0 aromatic heterocycles. The SMILES string of the molecule is CC(C)(c1ccc(O)cc1)c1cc(Cl)c(OCCCCCOCCCOCC(=O)O)c(C#N)c1. The summed E-state index contributed by atoms with van der Waals surface area (Å²) in [5.41, 5.74) is 1.86. The molecular weight excluding hydrogens is 458 g/mol. The van der Waals surface area contributed by atoms with E-state index in [1.165, 1.54) is 0 Å². The first-order valence-electron chi connectivity index (χ1n) is 11.3. The van der Waals surface area contributed by atoms with E-state index in [2.05, 4.69) is 6.07 Å². The second kappa shape index (κ2) is 13.8. The summed E-state index contributed by atoms with van der Waals surface area (Å²) in [5, 5.41) is 28.1. The molecule has 0 amide bonds. The Kier molecular flexibility index (Phi) is 11.1. The summed E-state index contributed by atoms with van der Waals surface area (Å²) in [7, 11) is 0. The maximum absolute atomic E-state index is 10.3. The number of phenolic OH excluding ortho intramolecular Hbond substituents is 1. The largest absolute Gasteiger partial charge is 0.508 e. The van der Waals surface area contributed by atoms with Crippen LogP contribution in [-0.2, 0) is 19.7 Å². The van der Waals surface area contributed by atoms with E-state index in [9.17, 15) is 15.2 Å². The minimum atomic E-state index is -0.972. The average Bonchev–Trinajstić information content (AvgIpc) is 2.80. The Hall–Kier alpha value is -2.79. The highest BCUT2D eigenvalue weighted by atomic mass is 35.5. The van der Waals surface area contributed by atoms with Crippen LogP contribution in [0.2, 0.25) is 5.02 Å². The normalized spacial score (nSPS) is 11.2. The molecule has 34 heavy (non-hydrogen) atoms. The summed E-state index contributed by atoms with van der Waals surface area (Å²) in [4.78, 5) is 10.3. The Morgan fingerprint density at radius 1 is 0.971 bits per heavy atom. The lowest BCUT2D eigenvalue weighted by atomic mass is 9.77. The fourth-order valence-corrected chi connectivity index (χ4v) is 3.68. The van der Waals surface area contributed by atoms with Crippen molar-refractivity contribution in [1.29, 1.82) is 5.26 Å². The van der Waals surface area contributed by atoms with E-state index < -0.39 is 11.4 Å². The molecule has 0 aliphatic carbocycles. The third kappa shape index (κ3) is 8.53. The zero-order valence-electron chi connectivity index (χ0n) is 19.7. The van der Waals surface area contributed by atoms with Crippen molar-refractivity contribution in [2.45, 2.75) is 44.9 Å². The number of rotatable bonds is 15. The quantitative estimate of drug-likeness (QED) is 0.327. The van der Waals surface area contributed by atoms with Crippen LogP contribution in [0, 0.1) is 11.3 Å². The fourth-order valence-electron chi connectivity index (χ4n) is 3.41. The standard InChI is InChI=1S/C26H32ClNO6/c1-26(2,20-7-9-22(29)10-8-20)21-15-19(17-28)25(23(27)16-21)34-14-5-3-4-11-32-12-6-13-33-18-24(30)31/h7-10,15-16,29H,3-6,11-14,18H2,1-2H3,(H,30,31). The van der Waals surface area contributed by atoms with Gasteiger partial charge in [0.15, 0.2) is 5.75 Å². The van der Waals surface area contributed by atoms with Gasteiger partial charge in [-0.3, -0.25) is 0 Å². The van der Waals surface area contributed by atoms with Crippen molar-refractivity contribution in [1.82, 2.24) is 0 Å². The Morgan fingerprint density at radius 2 is 1.62 bits per heavy atom. The molecule has 2 rings (SSSR count). The highest BCUT2D eigenvalue weighted by Crippen LogP contribution is 2.38. The average molecular weight is 490 g/mol. The molecule has 2 aromatic carbocycles. The molecule has 8 heteroatoms. The number of carboxylic acids is 1. The smallest absolute Gasteiger partial charge is 0.329 e. The number of carbonyl (C=O) groups is 1. The molecule has 0 heterocycles. The highest BCUT2D eigenvalue weighted by Gasteiger charge is 2.26. The molecule has 0 fully saturated rings. The minimum Gasteiger partial charge on any atom is -0.508 e. The van der Waals surface area contributed by atoms with Crippen molar-refractivity contribution in [2.75, 3.05) is 33.0 Å². The Morgan fingerprint density at radius 3 is 2.29 bits per heavy atom. The maximum atomic E-state index is 10.3. The second-order valence-corrected chi connectivity index (χ2v) is 8.85. The molecule has 7 nitrogen and oxygen atoms in total. The van der Waals surface area contributed by atoms with Crippen molar-refractivity contribution >= 4 is 17.6 Å². The lowest BCUT2D eigenvalue weighted by Crippen LogP contribution is -2.19. The number of aromatic hydroxyl groups is 1. The Balaban J connectivity index is 1.79. The van der Waals surface area contributed by atoms with Gasteiger partial charge in [-0.05, 0) is 61.1 Å². The molecule has 184 valence electrons. The molecule has 0 saturated carbocycles. The van der Waals surface area contributed by atoms with Crippen molar-refractivity contribution in [3.8, 4) is 17.6 Å². The third-order valence-corrected chi connectivity index (χ3v) is 5.74. The van der Waals surface area contributed by atoms with Gasteiger partial charge in [0.25, 0.3) is 0 Å². The molecule has 0 aliphatic rings. The van der Waals surface area contributed by atoms with Crippen molar-refractivity contribution < 1.29 is 29.2 Å². The molecule has 2 N–H and O–H groups in total. The van der Waals surface area contributed by atoms with Crippen LogP contribution in [0.5, 0.6) is 11.5 Å². The Bertz CT molecular complexity index is 968. The van der Waals surface area contributed by atoms with Crippen molar-refractivity contribution in [3.05, 3.63) is 58.1 Å². The highest BCUT2D eigenvalue weighted by molar-refractivity contribution is 6.32. The minimum absolute atomic E-state index is 0.202. The molecule has 0 unspecified atom stereocenters. The van der Waals surface area contributed by atoms with Gasteiger partial charge in [-0.2, -0.15) is 5.26 Å². The summed E-state index contributed by atoms with van der Waals surface area (Å²) in [5.74, 6) is -0.375. The fraction of sp³-hybridized carbons (Fsp3) is 0.462. The van der Waals surface area contributed by atoms with E-state index >= 15 is 0 Å². The van der Waals surface area contributed by atoms with Gasteiger partial charge in [0.05, 0.1) is 17.2 Å². The monoisotopic (exact) mass is 489 g/mol. The van der Waals surface area contributed by atoms with E-state index in [1.54, 1.807) is 12.1 Å². The van der Waals surface area contributed by atoms with Crippen LogP contribution in [0.1, 0.15) is 56.2 Å². The molecular formula is C26H32ClNO6. The van der Waals surface area contributed by atoms with Gasteiger partial charge in [-0.25, -0.2) is 4.79 Å². The number of unbranched alkanes of at least 4 members (excludes halogenated alkanes) is 2. The van der Waals surface area contributed by atoms with E-state index in [4.69, 9.17) is 30.9 Å². The van der Waals surface area contributed by atoms with Crippen LogP contribution in [-0.4, -0.2) is 49.2 Å². The number of nitriles is 1. The number of carboxylic acid groups (broad SMARTS) is 1. The number of benzene rings is 2. The number of halogens is 1. The number of hydrogen-bond acceptors (Lipinski definition) is 6. The van der Waals surface area contributed by atoms with Crippen molar-refractivity contribution in [3.63, 3.8) is 0 Å². The Labute approximate surface area is 205 Å². The van der Waals surface area contributed by atoms with Gasteiger partial charge < -0.3 is 24.4 Å². The molecule has 0 radical (unpaired) electrons. The van der Waals surface area contributed by atoms with Crippen LogP contribution in [0.4, 0.5) is 0 Å². The molecule has 0 atom stereocenters. The van der Waals surface area contributed by atoms with Gasteiger partial charge in [-0.15, -0.1) is 0 Å². The van der Waals surface area contributed by atoms with E-state index in [0.29, 0.717) is 49.2 Å². The van der Waals surface area contributed by atoms with Gasteiger partial charge in [0, 0.05) is 25.2 Å². The van der Waals surface area contributed by atoms with Gasteiger partial charge in [0.2, 0.25) is 0 Å². The summed E-state index contributed by atoms with van der Waals surface area (Å²) in [6.45, 7) is 5.76. The topological polar surface area (TPSA) is 109 Å². The number of ether oxygens (including phenoxy) is 3. The first-order chi connectivity index (χ1) is 16.3. The van der Waals surface area contributed by atoms with Crippen LogP contribution in [0.25, 0.3) is 0 Å². The number of phenols is 1. The molecule has 0 bridgehead atoms.